The maximum atomic E-state index is 5.78. The lowest BCUT2D eigenvalue weighted by Gasteiger charge is -2.34. The average Bonchev–Trinajstić information content (AvgIpc) is 3.59. The van der Waals surface area contributed by atoms with Crippen LogP contribution in [0.4, 0.5) is 5.82 Å². The molecule has 2 aliphatic rings. The zero-order chi connectivity index (χ0) is 20.5. The summed E-state index contributed by atoms with van der Waals surface area (Å²) in [6.07, 6.45) is 4.58. The molecule has 1 N–H and O–H groups in total. The van der Waals surface area contributed by atoms with Gasteiger partial charge in [0, 0.05) is 59.1 Å². The van der Waals surface area contributed by atoms with Crippen molar-refractivity contribution in [1.29, 1.82) is 0 Å². The molecule has 7 nitrogen and oxygen atoms in total. The van der Waals surface area contributed by atoms with E-state index in [0.29, 0.717) is 6.54 Å². The van der Waals surface area contributed by atoms with Gasteiger partial charge in [-0.25, -0.2) is 9.98 Å². The third-order valence-corrected chi connectivity index (χ3v) is 5.68. The summed E-state index contributed by atoms with van der Waals surface area (Å²) in [5.74, 6) is 2.81. The van der Waals surface area contributed by atoms with E-state index in [2.05, 4.69) is 58.0 Å². The molecule has 0 radical (unpaired) electrons. The highest BCUT2D eigenvalue weighted by molar-refractivity contribution is 14.0. The first kappa shape index (κ1) is 25.1. The maximum absolute atomic E-state index is 5.78. The summed E-state index contributed by atoms with van der Waals surface area (Å²) in [6, 6.07) is 4.25. The Morgan fingerprint density at radius 3 is 2.70 bits per heavy atom. The van der Waals surface area contributed by atoms with Crippen LogP contribution in [0, 0.1) is 5.92 Å². The normalized spacial score (nSPS) is 17.6. The number of piperazine rings is 1. The quantitative estimate of drug-likeness (QED) is 0.217. The molecule has 1 saturated carbocycles. The number of aliphatic imine (C=N–C) groups is 1. The molecule has 0 spiro atoms. The van der Waals surface area contributed by atoms with Gasteiger partial charge in [-0.15, -0.1) is 24.0 Å². The highest BCUT2D eigenvalue weighted by atomic mass is 127. The zero-order valence-electron chi connectivity index (χ0n) is 18.8. The van der Waals surface area contributed by atoms with E-state index in [-0.39, 0.29) is 24.0 Å². The van der Waals surface area contributed by atoms with E-state index in [4.69, 9.17) is 9.73 Å². The van der Waals surface area contributed by atoms with Crippen molar-refractivity contribution in [3.8, 4) is 0 Å². The largest absolute Gasteiger partial charge is 0.379 e. The Morgan fingerprint density at radius 1 is 1.27 bits per heavy atom. The van der Waals surface area contributed by atoms with Crippen molar-refractivity contribution in [2.24, 2.45) is 10.9 Å². The summed E-state index contributed by atoms with van der Waals surface area (Å²) >= 11 is 0. The summed E-state index contributed by atoms with van der Waals surface area (Å²) in [5, 5.41) is 3.39. The lowest BCUT2D eigenvalue weighted by Crippen LogP contribution is -2.46. The summed E-state index contributed by atoms with van der Waals surface area (Å²) in [4.78, 5) is 16.5. The van der Waals surface area contributed by atoms with Gasteiger partial charge in [0.2, 0.25) is 0 Å². The predicted octanol–water partition coefficient (Wildman–Crippen LogP) is 2.67. The first-order chi connectivity index (χ1) is 14.2. The molecule has 1 aliphatic heterocycles. The fourth-order valence-corrected chi connectivity index (χ4v) is 3.50. The van der Waals surface area contributed by atoms with E-state index in [0.717, 1.165) is 76.7 Å². The van der Waals surface area contributed by atoms with Crippen molar-refractivity contribution in [1.82, 2.24) is 20.1 Å². The van der Waals surface area contributed by atoms with E-state index in [1.807, 2.05) is 6.20 Å². The molecule has 0 amide bonds. The van der Waals surface area contributed by atoms with Crippen molar-refractivity contribution in [2.45, 2.75) is 33.2 Å². The molecule has 30 heavy (non-hydrogen) atoms. The van der Waals surface area contributed by atoms with Crippen LogP contribution in [0.5, 0.6) is 0 Å². The minimum Gasteiger partial charge on any atom is -0.379 e. The Balaban J connectivity index is 0.00000320. The molecule has 8 heteroatoms. The van der Waals surface area contributed by atoms with E-state index in [1.165, 1.54) is 18.4 Å². The summed E-state index contributed by atoms with van der Waals surface area (Å²) in [5.41, 5.74) is 1.20. The van der Waals surface area contributed by atoms with E-state index >= 15 is 0 Å². The van der Waals surface area contributed by atoms with Gasteiger partial charge in [0.25, 0.3) is 0 Å². The second-order valence-corrected chi connectivity index (χ2v) is 8.05. The Hall–Kier alpha value is -1.13. The molecular formula is C22H39IN6O. The topological polar surface area (TPSA) is 56.2 Å². The standard InChI is InChI=1S/C22H38N6O.HI/c1-4-23-22(26(3)14-15-29-18-19-6-7-19)25-17-20-8-9-24-21(16-20)28-12-10-27(5-2)11-13-28;/h8-9,16,19H,4-7,10-15,17-18H2,1-3H3,(H,23,25);1H. The molecule has 0 unspecified atom stereocenters. The summed E-state index contributed by atoms with van der Waals surface area (Å²) in [7, 11) is 2.08. The molecule has 1 saturated heterocycles. The molecule has 3 rings (SSSR count). The minimum absolute atomic E-state index is 0. The number of anilines is 1. The number of likely N-dealkylation sites (N-methyl/N-ethyl adjacent to an activating group) is 2. The molecule has 1 aromatic rings. The van der Waals surface area contributed by atoms with Gasteiger partial charge < -0.3 is 24.8 Å². The second kappa shape index (κ2) is 13.3. The average molecular weight is 530 g/mol. The Labute approximate surface area is 199 Å². The van der Waals surface area contributed by atoms with Crippen LogP contribution in [0.2, 0.25) is 0 Å². The Morgan fingerprint density at radius 2 is 2.03 bits per heavy atom. The highest BCUT2D eigenvalue weighted by Gasteiger charge is 2.21. The number of ether oxygens (including phenoxy) is 1. The van der Waals surface area contributed by atoms with Gasteiger partial charge in [-0.1, -0.05) is 6.92 Å². The van der Waals surface area contributed by atoms with Crippen LogP contribution in [-0.2, 0) is 11.3 Å². The number of halogens is 1. The number of guanidine groups is 1. The minimum atomic E-state index is 0. The van der Waals surface area contributed by atoms with Crippen molar-refractivity contribution in [3.05, 3.63) is 23.9 Å². The number of pyridine rings is 1. The van der Waals surface area contributed by atoms with Gasteiger partial charge in [-0.2, -0.15) is 0 Å². The smallest absolute Gasteiger partial charge is 0.194 e. The fraction of sp³-hybridized carbons (Fsp3) is 0.727. The molecule has 1 aliphatic carbocycles. The van der Waals surface area contributed by atoms with Gasteiger partial charge in [0.15, 0.2) is 5.96 Å². The Kier molecular flexibility index (Phi) is 11.2. The number of aromatic nitrogens is 1. The van der Waals surface area contributed by atoms with E-state index in [9.17, 15) is 0 Å². The van der Waals surface area contributed by atoms with E-state index < -0.39 is 0 Å². The van der Waals surface area contributed by atoms with Gasteiger partial charge >= 0.3 is 0 Å². The zero-order valence-corrected chi connectivity index (χ0v) is 21.2. The van der Waals surface area contributed by atoms with Crippen LogP contribution in [0.3, 0.4) is 0 Å². The number of hydrogen-bond acceptors (Lipinski definition) is 5. The second-order valence-electron chi connectivity index (χ2n) is 8.05. The fourth-order valence-electron chi connectivity index (χ4n) is 3.50. The van der Waals surface area contributed by atoms with Crippen LogP contribution in [0.1, 0.15) is 32.3 Å². The summed E-state index contributed by atoms with van der Waals surface area (Å²) in [6.45, 7) is 13.8. The van der Waals surface area contributed by atoms with Gasteiger partial charge in [-0.05, 0) is 49.9 Å². The SMILES string of the molecule is CCNC(=NCc1ccnc(N2CCN(CC)CC2)c1)N(C)CCOCC1CC1.I. The Bertz CT molecular complexity index is 646. The maximum Gasteiger partial charge on any atom is 0.194 e. The molecule has 2 heterocycles. The number of nitrogens with one attached hydrogen (secondary N) is 1. The van der Waals surface area contributed by atoms with Gasteiger partial charge in [-0.3, -0.25) is 0 Å². The molecule has 1 aromatic heterocycles. The summed E-state index contributed by atoms with van der Waals surface area (Å²) < 4.78 is 5.78. The third-order valence-electron chi connectivity index (χ3n) is 5.68. The highest BCUT2D eigenvalue weighted by Crippen LogP contribution is 2.28. The van der Waals surface area contributed by atoms with Gasteiger partial charge in [0.1, 0.15) is 5.82 Å². The molecule has 170 valence electrons. The van der Waals surface area contributed by atoms with Crippen LogP contribution < -0.4 is 10.2 Å². The van der Waals surface area contributed by atoms with Crippen molar-refractivity contribution < 1.29 is 4.74 Å². The van der Waals surface area contributed by atoms with Crippen LogP contribution in [-0.4, -0.2) is 86.8 Å². The van der Waals surface area contributed by atoms with Crippen LogP contribution in [0.15, 0.2) is 23.3 Å². The first-order valence-electron chi connectivity index (χ1n) is 11.2. The predicted molar refractivity (Wildman–Crippen MR) is 135 cm³/mol. The van der Waals surface area contributed by atoms with Crippen molar-refractivity contribution >= 4 is 35.8 Å². The monoisotopic (exact) mass is 530 g/mol. The lowest BCUT2D eigenvalue weighted by atomic mass is 10.2. The van der Waals surface area contributed by atoms with E-state index in [1.54, 1.807) is 0 Å². The molecule has 0 atom stereocenters. The molecule has 2 fully saturated rings. The lowest BCUT2D eigenvalue weighted by molar-refractivity contribution is 0.115. The number of hydrogen-bond donors (Lipinski definition) is 1. The van der Waals surface area contributed by atoms with Crippen LogP contribution in [0.25, 0.3) is 0 Å². The van der Waals surface area contributed by atoms with Crippen molar-refractivity contribution in [3.63, 3.8) is 0 Å². The first-order valence-corrected chi connectivity index (χ1v) is 11.2. The number of rotatable bonds is 10. The third kappa shape index (κ3) is 8.19. The molecular weight excluding hydrogens is 491 g/mol. The molecule has 0 bridgehead atoms. The van der Waals surface area contributed by atoms with Gasteiger partial charge in [0.05, 0.1) is 13.2 Å². The molecule has 0 aromatic carbocycles. The van der Waals surface area contributed by atoms with Crippen molar-refractivity contribution in [2.75, 3.05) is 71.0 Å². The van der Waals surface area contributed by atoms with Crippen LogP contribution >= 0.6 is 24.0 Å². The number of nitrogens with zero attached hydrogens (tertiary/aromatic N) is 5.